The molecule has 2 N–H and O–H groups in total. The van der Waals surface area contributed by atoms with Crippen LogP contribution >= 0.6 is 11.3 Å². The molecule has 3 rings (SSSR count). The van der Waals surface area contributed by atoms with Gasteiger partial charge in [-0.3, -0.25) is 9.59 Å². The molecule has 0 saturated heterocycles. The van der Waals surface area contributed by atoms with Gasteiger partial charge in [0.15, 0.2) is 0 Å². The van der Waals surface area contributed by atoms with Gasteiger partial charge in [-0.15, -0.1) is 11.3 Å². The third-order valence-electron chi connectivity index (χ3n) is 3.79. The third-order valence-corrected chi connectivity index (χ3v) is 6.63. The molecule has 0 radical (unpaired) electrons. The second-order valence-electron chi connectivity index (χ2n) is 7.17. The Balaban J connectivity index is 1.81. The Bertz CT molecular complexity index is 1000. The van der Waals surface area contributed by atoms with Crippen molar-refractivity contribution in [2.45, 2.75) is 32.4 Å². The zero-order chi connectivity index (χ0) is 18.9. The van der Waals surface area contributed by atoms with Crippen molar-refractivity contribution >= 4 is 30.1 Å². The van der Waals surface area contributed by atoms with Crippen molar-refractivity contribution in [2.24, 2.45) is 5.73 Å². The molecule has 0 bridgehead atoms. The van der Waals surface area contributed by atoms with Crippen LogP contribution in [0.25, 0.3) is 15.4 Å². The Morgan fingerprint density at radius 2 is 2.12 bits per heavy atom. The number of amides is 1. The number of carbonyl (C=O) groups excluding carboxylic acids is 1. The summed E-state index contributed by atoms with van der Waals surface area (Å²) in [7, 11) is -1.18. The largest absolute Gasteiger partial charge is 0.365 e. The fourth-order valence-corrected chi connectivity index (χ4v) is 4.06. The predicted octanol–water partition coefficient (Wildman–Crippen LogP) is 2.03. The molecule has 0 unspecified atom stereocenters. The Hall–Kier alpha value is -2.30. The van der Waals surface area contributed by atoms with Crippen LogP contribution in [0.1, 0.15) is 10.4 Å². The molecule has 8 nitrogen and oxygen atoms in total. The predicted molar refractivity (Wildman–Crippen MR) is 103 cm³/mol. The third kappa shape index (κ3) is 4.09. The second kappa shape index (κ2) is 7.14. The molecule has 26 heavy (non-hydrogen) atoms. The smallest absolute Gasteiger partial charge is 0.268 e. The first-order valence-corrected chi connectivity index (χ1v) is 12.7. The van der Waals surface area contributed by atoms with E-state index in [1.54, 1.807) is 16.8 Å². The molecule has 3 heterocycles. The number of hydrogen-bond acceptors (Lipinski definition) is 6. The first kappa shape index (κ1) is 18.5. The van der Waals surface area contributed by atoms with Gasteiger partial charge in [-0.1, -0.05) is 19.6 Å². The number of ether oxygens (including phenoxy) is 1. The molecule has 0 aliphatic heterocycles. The first-order valence-electron chi connectivity index (χ1n) is 8.18. The van der Waals surface area contributed by atoms with Crippen LogP contribution in [-0.2, 0) is 11.5 Å². The topological polar surface area (TPSA) is 105 Å². The van der Waals surface area contributed by atoms with Gasteiger partial charge in [-0.05, 0) is 12.1 Å². The summed E-state index contributed by atoms with van der Waals surface area (Å²) in [6.07, 6.45) is 3.20. The molecular weight excluding hydrogens is 370 g/mol. The van der Waals surface area contributed by atoms with Crippen molar-refractivity contribution in [1.29, 1.82) is 0 Å². The van der Waals surface area contributed by atoms with Gasteiger partial charge in [-0.25, -0.2) is 9.20 Å². The highest BCUT2D eigenvalue weighted by Crippen LogP contribution is 2.28. The Morgan fingerprint density at radius 3 is 2.81 bits per heavy atom. The lowest BCUT2D eigenvalue weighted by atomic mass is 10.3. The van der Waals surface area contributed by atoms with Crippen molar-refractivity contribution in [3.63, 3.8) is 0 Å². The fraction of sp³-hybridized carbons (Fsp3) is 0.375. The molecule has 3 aromatic heterocycles. The lowest BCUT2D eigenvalue weighted by Gasteiger charge is -2.15. The van der Waals surface area contributed by atoms with Crippen molar-refractivity contribution in [3.8, 4) is 10.6 Å². The maximum Gasteiger partial charge on any atom is 0.268 e. The molecule has 0 aliphatic carbocycles. The van der Waals surface area contributed by atoms with E-state index in [2.05, 4.69) is 29.8 Å². The van der Waals surface area contributed by atoms with Crippen molar-refractivity contribution in [1.82, 2.24) is 19.4 Å². The van der Waals surface area contributed by atoms with Crippen LogP contribution in [0, 0.1) is 0 Å². The Morgan fingerprint density at radius 1 is 1.35 bits per heavy atom. The van der Waals surface area contributed by atoms with E-state index in [0.717, 1.165) is 10.9 Å². The molecule has 10 heteroatoms. The van der Waals surface area contributed by atoms with Crippen LogP contribution in [0.2, 0.25) is 25.7 Å². The first-order chi connectivity index (χ1) is 12.2. The summed E-state index contributed by atoms with van der Waals surface area (Å²) in [6.45, 7) is 7.55. The van der Waals surface area contributed by atoms with Gasteiger partial charge in [0.05, 0.1) is 16.6 Å². The number of nitrogens with two attached hydrogens (primary N) is 1. The summed E-state index contributed by atoms with van der Waals surface area (Å²) in [5.41, 5.74) is 6.11. The quantitative estimate of drug-likeness (QED) is 0.490. The van der Waals surface area contributed by atoms with Crippen molar-refractivity contribution in [2.75, 3.05) is 6.61 Å². The van der Waals surface area contributed by atoms with Gasteiger partial charge >= 0.3 is 0 Å². The van der Waals surface area contributed by atoms with E-state index in [9.17, 15) is 9.59 Å². The lowest BCUT2D eigenvalue weighted by Crippen LogP contribution is -2.26. The van der Waals surface area contributed by atoms with E-state index in [0.29, 0.717) is 22.7 Å². The Labute approximate surface area is 155 Å². The minimum Gasteiger partial charge on any atom is -0.365 e. The van der Waals surface area contributed by atoms with Crippen molar-refractivity contribution in [3.05, 3.63) is 40.4 Å². The van der Waals surface area contributed by atoms with E-state index >= 15 is 0 Å². The van der Waals surface area contributed by atoms with Crippen molar-refractivity contribution < 1.29 is 9.53 Å². The number of aromatic nitrogens is 4. The second-order valence-corrected chi connectivity index (χ2v) is 13.8. The highest BCUT2D eigenvalue weighted by Gasteiger charge is 2.15. The number of carbonyl (C=O) groups is 1. The van der Waals surface area contributed by atoms with Gasteiger partial charge in [0.25, 0.3) is 11.5 Å². The molecule has 0 fully saturated rings. The minimum atomic E-state index is -1.18. The molecule has 0 atom stereocenters. The number of nitrogens with zero attached hydrogens (tertiary/aromatic N) is 4. The molecule has 0 aliphatic rings. The van der Waals surface area contributed by atoms with Crippen LogP contribution in [0.4, 0.5) is 0 Å². The van der Waals surface area contributed by atoms with Gasteiger partial charge in [-0.2, -0.15) is 10.2 Å². The Kier molecular flexibility index (Phi) is 5.07. The summed E-state index contributed by atoms with van der Waals surface area (Å²) >= 11 is 1.34. The molecule has 0 aromatic carbocycles. The molecular formula is C16H21N5O3SSi. The highest BCUT2D eigenvalue weighted by molar-refractivity contribution is 7.21. The zero-order valence-electron chi connectivity index (χ0n) is 14.9. The van der Waals surface area contributed by atoms with E-state index in [1.807, 2.05) is 0 Å². The fourth-order valence-electron chi connectivity index (χ4n) is 2.28. The molecule has 3 aromatic rings. The van der Waals surface area contributed by atoms with Crippen LogP contribution in [-0.4, -0.2) is 40.0 Å². The van der Waals surface area contributed by atoms with Gasteiger partial charge in [0.1, 0.15) is 17.3 Å². The average molecular weight is 392 g/mol. The van der Waals surface area contributed by atoms with E-state index in [4.69, 9.17) is 10.5 Å². The summed E-state index contributed by atoms with van der Waals surface area (Å²) in [6, 6.07) is 4.14. The molecule has 138 valence electrons. The summed E-state index contributed by atoms with van der Waals surface area (Å²) < 4.78 is 8.51. The normalized spacial score (nSPS) is 12.0. The standard InChI is InChI=1S/C16H21N5O3SSi/c1-26(2,3)7-6-24-10-21-14(22)5-4-12(19-21)13-9-20-16(25-13)11(8-18-20)15(17)23/h4-5,8-9H,6-7,10H2,1-3H3,(H2,17,23). The number of primary amides is 1. The maximum atomic E-state index is 12.0. The molecule has 0 spiro atoms. The van der Waals surface area contributed by atoms with Crippen LogP contribution in [0.3, 0.4) is 0 Å². The van der Waals surface area contributed by atoms with Crippen LogP contribution in [0.5, 0.6) is 0 Å². The number of fused-ring (bicyclic) bond motifs is 1. The summed E-state index contributed by atoms with van der Waals surface area (Å²) in [5.74, 6) is -0.526. The number of rotatable bonds is 7. The molecule has 1 amide bonds. The number of thiazole rings is 1. The van der Waals surface area contributed by atoms with Crippen LogP contribution < -0.4 is 11.3 Å². The van der Waals surface area contributed by atoms with E-state index < -0.39 is 14.0 Å². The minimum absolute atomic E-state index is 0.117. The van der Waals surface area contributed by atoms with E-state index in [1.165, 1.54) is 28.3 Å². The summed E-state index contributed by atoms with van der Waals surface area (Å²) in [4.78, 5) is 24.9. The average Bonchev–Trinajstić information content (AvgIpc) is 3.12. The highest BCUT2D eigenvalue weighted by atomic mass is 32.1. The van der Waals surface area contributed by atoms with Gasteiger partial charge in [0, 0.05) is 26.9 Å². The van der Waals surface area contributed by atoms with Gasteiger partial charge in [0.2, 0.25) is 0 Å². The van der Waals surface area contributed by atoms with Gasteiger partial charge < -0.3 is 10.5 Å². The van der Waals surface area contributed by atoms with Crippen LogP contribution in [0.15, 0.2) is 29.3 Å². The lowest BCUT2D eigenvalue weighted by molar-refractivity contribution is 0.0752. The molecule has 0 saturated carbocycles. The summed E-state index contributed by atoms with van der Waals surface area (Å²) in [5, 5.41) is 8.49. The SMILES string of the molecule is C[Si](C)(C)CCOCn1nc(-c2cn3ncc(C(N)=O)c3s2)ccc1=O. The zero-order valence-corrected chi connectivity index (χ0v) is 16.7. The maximum absolute atomic E-state index is 12.0. The monoisotopic (exact) mass is 391 g/mol. The number of hydrogen-bond donors (Lipinski definition) is 1. The van der Waals surface area contributed by atoms with E-state index in [-0.39, 0.29) is 12.3 Å².